The van der Waals surface area contributed by atoms with Crippen LogP contribution in [-0.2, 0) is 0 Å². The zero-order valence-electron chi connectivity index (χ0n) is 12.8. The van der Waals surface area contributed by atoms with Crippen LogP contribution in [0.1, 0.15) is 30.9 Å². The van der Waals surface area contributed by atoms with Crippen LogP contribution in [0, 0.1) is 6.92 Å². The molecular weight excluding hydrogens is 252 g/mol. The first kappa shape index (κ1) is 15.1. The number of aryl methyl sites for hydroxylation is 1. The fraction of sp³-hybridized carbons (Fsp3) is 0.625. The Kier molecular flexibility index (Phi) is 5.26. The van der Waals surface area contributed by atoms with Crippen molar-refractivity contribution in [3.8, 4) is 11.5 Å². The summed E-state index contributed by atoms with van der Waals surface area (Å²) in [6.07, 6.45) is 0. The number of hydrogen-bond acceptors (Lipinski definition) is 4. The summed E-state index contributed by atoms with van der Waals surface area (Å²) in [6, 6.07) is 3.78. The molecule has 0 unspecified atom stereocenters. The van der Waals surface area contributed by atoms with Crippen LogP contribution in [0.4, 0.5) is 0 Å². The van der Waals surface area contributed by atoms with Crippen molar-refractivity contribution in [1.82, 2.24) is 10.2 Å². The Balaban J connectivity index is 1.95. The highest BCUT2D eigenvalue weighted by atomic mass is 16.5. The predicted molar refractivity (Wildman–Crippen MR) is 81.7 cm³/mol. The molecule has 1 fully saturated rings. The van der Waals surface area contributed by atoms with E-state index < -0.39 is 0 Å². The zero-order valence-corrected chi connectivity index (χ0v) is 12.8. The quantitative estimate of drug-likeness (QED) is 0.866. The summed E-state index contributed by atoms with van der Waals surface area (Å²) < 4.78 is 5.96. The number of hydrogen-bond donors (Lipinski definition) is 2. The number of nitrogens with zero attached hydrogens (tertiary/aromatic N) is 1. The van der Waals surface area contributed by atoms with Crippen molar-refractivity contribution in [2.45, 2.75) is 26.7 Å². The van der Waals surface area contributed by atoms with Crippen molar-refractivity contribution in [2.75, 3.05) is 39.3 Å². The second-order valence-electron chi connectivity index (χ2n) is 5.77. The topological polar surface area (TPSA) is 44.7 Å². The van der Waals surface area contributed by atoms with Crippen LogP contribution in [0.5, 0.6) is 11.5 Å². The number of phenols is 1. The first-order valence-corrected chi connectivity index (χ1v) is 7.47. The Bertz CT molecular complexity index is 440. The molecule has 1 aliphatic heterocycles. The molecule has 2 rings (SSSR count). The third kappa shape index (κ3) is 3.87. The van der Waals surface area contributed by atoms with Crippen LogP contribution < -0.4 is 10.1 Å². The molecule has 1 aromatic rings. The Morgan fingerprint density at radius 3 is 2.65 bits per heavy atom. The van der Waals surface area contributed by atoms with Gasteiger partial charge in [0.2, 0.25) is 0 Å². The first-order chi connectivity index (χ1) is 9.58. The number of phenolic OH excluding ortho intramolecular Hbond substituents is 1. The Morgan fingerprint density at radius 1 is 1.30 bits per heavy atom. The van der Waals surface area contributed by atoms with Crippen molar-refractivity contribution in [2.24, 2.45) is 0 Å². The van der Waals surface area contributed by atoms with E-state index in [1.165, 1.54) is 0 Å². The summed E-state index contributed by atoms with van der Waals surface area (Å²) in [5.41, 5.74) is 1.94. The van der Waals surface area contributed by atoms with Crippen molar-refractivity contribution >= 4 is 0 Å². The van der Waals surface area contributed by atoms with Crippen LogP contribution in [0.15, 0.2) is 12.1 Å². The van der Waals surface area contributed by atoms with Gasteiger partial charge in [-0.1, -0.05) is 13.8 Å². The summed E-state index contributed by atoms with van der Waals surface area (Å²) >= 11 is 0. The second kappa shape index (κ2) is 6.95. The smallest absolute Gasteiger partial charge is 0.123 e. The monoisotopic (exact) mass is 278 g/mol. The standard InChI is InChI=1S/C16H26N2O2/c1-12(2)14-11-15(19)13(3)10-16(14)20-9-8-18-6-4-17-5-7-18/h10-12,17,19H,4-9H2,1-3H3. The fourth-order valence-electron chi connectivity index (χ4n) is 2.48. The highest BCUT2D eigenvalue weighted by Gasteiger charge is 2.13. The molecular formula is C16H26N2O2. The van der Waals surface area contributed by atoms with E-state index in [-0.39, 0.29) is 0 Å². The van der Waals surface area contributed by atoms with Gasteiger partial charge in [0.1, 0.15) is 18.1 Å². The van der Waals surface area contributed by atoms with Gasteiger partial charge in [-0.15, -0.1) is 0 Å². The molecule has 0 radical (unpaired) electrons. The maximum atomic E-state index is 9.83. The molecule has 1 heterocycles. The molecule has 4 heteroatoms. The molecule has 0 spiro atoms. The highest BCUT2D eigenvalue weighted by Crippen LogP contribution is 2.32. The first-order valence-electron chi connectivity index (χ1n) is 7.47. The number of rotatable bonds is 5. The maximum Gasteiger partial charge on any atom is 0.123 e. The van der Waals surface area contributed by atoms with Crippen molar-refractivity contribution < 1.29 is 9.84 Å². The lowest BCUT2D eigenvalue weighted by Crippen LogP contribution is -2.44. The minimum Gasteiger partial charge on any atom is -0.508 e. The molecule has 0 aromatic heterocycles. The van der Waals surface area contributed by atoms with Gasteiger partial charge < -0.3 is 15.2 Å². The van der Waals surface area contributed by atoms with Gasteiger partial charge >= 0.3 is 0 Å². The minimum atomic E-state index is 0.343. The maximum absolute atomic E-state index is 9.83. The van der Waals surface area contributed by atoms with Gasteiger partial charge in [-0.3, -0.25) is 4.90 Å². The van der Waals surface area contributed by atoms with Crippen LogP contribution in [0.2, 0.25) is 0 Å². The highest BCUT2D eigenvalue weighted by molar-refractivity contribution is 5.46. The predicted octanol–water partition coefficient (Wildman–Crippen LogP) is 2.11. The lowest BCUT2D eigenvalue weighted by Gasteiger charge is -2.27. The van der Waals surface area contributed by atoms with E-state index in [9.17, 15) is 5.11 Å². The molecule has 4 nitrogen and oxygen atoms in total. The van der Waals surface area contributed by atoms with E-state index in [4.69, 9.17) is 4.74 Å². The van der Waals surface area contributed by atoms with Gasteiger partial charge in [-0.25, -0.2) is 0 Å². The molecule has 0 amide bonds. The van der Waals surface area contributed by atoms with Crippen molar-refractivity contribution in [1.29, 1.82) is 0 Å². The van der Waals surface area contributed by atoms with Gasteiger partial charge in [-0.05, 0) is 30.5 Å². The molecule has 0 atom stereocenters. The summed E-state index contributed by atoms with van der Waals surface area (Å²) in [6.45, 7) is 12.1. The fourth-order valence-corrected chi connectivity index (χ4v) is 2.48. The molecule has 2 N–H and O–H groups in total. The molecule has 20 heavy (non-hydrogen) atoms. The number of nitrogens with one attached hydrogen (secondary N) is 1. The summed E-state index contributed by atoms with van der Waals surface area (Å²) in [4.78, 5) is 2.42. The van der Waals surface area contributed by atoms with E-state index in [0.29, 0.717) is 18.3 Å². The lowest BCUT2D eigenvalue weighted by molar-refractivity contribution is 0.190. The van der Waals surface area contributed by atoms with E-state index in [2.05, 4.69) is 24.1 Å². The third-order valence-corrected chi connectivity index (χ3v) is 3.83. The van der Waals surface area contributed by atoms with Gasteiger partial charge in [-0.2, -0.15) is 0 Å². The lowest BCUT2D eigenvalue weighted by atomic mass is 10.00. The number of ether oxygens (including phenoxy) is 1. The molecule has 0 saturated carbocycles. The van der Waals surface area contributed by atoms with E-state index in [0.717, 1.165) is 49.6 Å². The van der Waals surface area contributed by atoms with Gasteiger partial charge in [0.25, 0.3) is 0 Å². The molecule has 1 saturated heterocycles. The van der Waals surface area contributed by atoms with E-state index >= 15 is 0 Å². The Labute approximate surface area is 121 Å². The zero-order chi connectivity index (χ0) is 14.5. The Hall–Kier alpha value is -1.26. The normalized spacial score (nSPS) is 16.6. The van der Waals surface area contributed by atoms with Crippen LogP contribution >= 0.6 is 0 Å². The summed E-state index contributed by atoms with van der Waals surface area (Å²) in [5, 5.41) is 13.2. The molecule has 112 valence electrons. The van der Waals surface area contributed by atoms with E-state index in [1.807, 2.05) is 19.1 Å². The molecule has 0 bridgehead atoms. The van der Waals surface area contributed by atoms with Crippen molar-refractivity contribution in [3.05, 3.63) is 23.3 Å². The Morgan fingerprint density at radius 2 is 2.00 bits per heavy atom. The average Bonchev–Trinajstić information content (AvgIpc) is 2.43. The van der Waals surface area contributed by atoms with Crippen molar-refractivity contribution in [3.63, 3.8) is 0 Å². The van der Waals surface area contributed by atoms with Gasteiger partial charge in [0.15, 0.2) is 0 Å². The van der Waals surface area contributed by atoms with Gasteiger partial charge in [0, 0.05) is 38.3 Å². The molecule has 0 aliphatic carbocycles. The van der Waals surface area contributed by atoms with Crippen LogP contribution in [0.3, 0.4) is 0 Å². The van der Waals surface area contributed by atoms with Crippen LogP contribution in [-0.4, -0.2) is 49.3 Å². The average molecular weight is 278 g/mol. The molecule has 1 aromatic carbocycles. The number of piperazine rings is 1. The number of benzene rings is 1. The minimum absolute atomic E-state index is 0.343. The largest absolute Gasteiger partial charge is 0.508 e. The summed E-state index contributed by atoms with van der Waals surface area (Å²) in [5.74, 6) is 1.60. The third-order valence-electron chi connectivity index (χ3n) is 3.83. The van der Waals surface area contributed by atoms with Gasteiger partial charge in [0.05, 0.1) is 0 Å². The molecule has 1 aliphatic rings. The van der Waals surface area contributed by atoms with E-state index in [1.54, 1.807) is 0 Å². The SMILES string of the molecule is Cc1cc(OCCN2CCNCC2)c(C(C)C)cc1O. The summed E-state index contributed by atoms with van der Waals surface area (Å²) in [7, 11) is 0. The second-order valence-corrected chi connectivity index (χ2v) is 5.77. The van der Waals surface area contributed by atoms with Crippen LogP contribution in [0.25, 0.3) is 0 Å². The number of aromatic hydroxyl groups is 1.